The molecule has 0 spiro atoms. The second-order valence-electron chi connectivity index (χ2n) is 15.9. The molecule has 56 heavy (non-hydrogen) atoms. The number of aromatic nitrogens is 1. The fraction of sp³-hybridized carbons (Fsp3) is 0.561. The average molecular weight is 799 g/mol. The van der Waals surface area contributed by atoms with Gasteiger partial charge in [-0.15, -0.1) is 0 Å². The van der Waals surface area contributed by atoms with E-state index in [9.17, 15) is 34.9 Å². The van der Waals surface area contributed by atoms with E-state index in [1.165, 1.54) is 24.3 Å². The fourth-order valence-electron chi connectivity index (χ4n) is 5.40. The summed E-state index contributed by atoms with van der Waals surface area (Å²) in [6.07, 6.45) is 0.330. The highest BCUT2D eigenvalue weighted by Gasteiger charge is 2.37. The molecule has 0 saturated carbocycles. The minimum Gasteiger partial charge on any atom is -0.466 e. The lowest BCUT2D eigenvalue weighted by atomic mass is 9.85. The van der Waals surface area contributed by atoms with E-state index in [0.29, 0.717) is 49.5 Å². The second-order valence-corrected chi connectivity index (χ2v) is 20.7. The Labute approximate surface area is 332 Å². The number of rotatable bonds is 16. The van der Waals surface area contributed by atoms with Crippen LogP contribution in [-0.2, 0) is 35.4 Å². The summed E-state index contributed by atoms with van der Waals surface area (Å²) in [7, 11) is -1.84. The van der Waals surface area contributed by atoms with Gasteiger partial charge in [0.25, 0.3) is 11.4 Å². The van der Waals surface area contributed by atoms with Crippen molar-refractivity contribution in [1.82, 2.24) is 4.57 Å². The number of carbonyl (C=O) groups excluding carboxylic acids is 2. The van der Waals surface area contributed by atoms with Gasteiger partial charge in [0.2, 0.25) is 0 Å². The van der Waals surface area contributed by atoms with Crippen LogP contribution in [0.1, 0.15) is 93.8 Å². The van der Waals surface area contributed by atoms with Crippen molar-refractivity contribution in [3.8, 4) is 11.8 Å². The largest absolute Gasteiger partial charge is 0.466 e. The summed E-state index contributed by atoms with van der Waals surface area (Å²) in [4.78, 5) is 45.0. The molecule has 2 N–H and O–H groups in total. The smallest absolute Gasteiger partial charge is 0.307 e. The zero-order valence-electron chi connectivity index (χ0n) is 34.2. The molecular formula is C41H62N4O10Si. The van der Waals surface area contributed by atoms with Crippen molar-refractivity contribution in [2.24, 2.45) is 5.41 Å². The van der Waals surface area contributed by atoms with Crippen molar-refractivity contribution >= 4 is 48.2 Å². The van der Waals surface area contributed by atoms with Gasteiger partial charge in [-0.2, -0.15) is 0 Å². The Morgan fingerprint density at radius 3 is 1.96 bits per heavy atom. The van der Waals surface area contributed by atoms with Crippen molar-refractivity contribution in [2.75, 3.05) is 38.3 Å². The van der Waals surface area contributed by atoms with Crippen molar-refractivity contribution in [3.63, 3.8) is 0 Å². The highest BCUT2D eigenvalue weighted by atomic mass is 28.4. The number of non-ortho nitro benzene ring substituents is 2. The van der Waals surface area contributed by atoms with Gasteiger partial charge in [0, 0.05) is 64.8 Å². The Kier molecular flexibility index (Phi) is 18.4. The fourth-order valence-corrected chi connectivity index (χ4v) is 6.45. The molecule has 0 aliphatic rings. The number of hydrogen-bond acceptors (Lipinski definition) is 11. The number of hydrogen-bond donors (Lipinski definition) is 2. The molecule has 0 unspecified atom stereocenters. The summed E-state index contributed by atoms with van der Waals surface area (Å²) >= 11 is 0. The van der Waals surface area contributed by atoms with E-state index in [-0.39, 0.29) is 55.2 Å². The molecule has 310 valence electrons. The second kappa shape index (κ2) is 20.9. The van der Waals surface area contributed by atoms with E-state index in [0.717, 1.165) is 11.2 Å². The number of esters is 2. The van der Waals surface area contributed by atoms with Gasteiger partial charge in [0.15, 0.2) is 8.32 Å². The lowest BCUT2D eigenvalue weighted by Crippen LogP contribution is -2.41. The van der Waals surface area contributed by atoms with Gasteiger partial charge < -0.3 is 28.9 Å². The van der Waals surface area contributed by atoms with Gasteiger partial charge in [0.1, 0.15) is 0 Å². The predicted molar refractivity (Wildman–Crippen MR) is 223 cm³/mol. The average Bonchev–Trinajstić information content (AvgIpc) is 3.44. The molecule has 3 aromatic rings. The summed E-state index contributed by atoms with van der Waals surface area (Å²) in [6, 6.07) is 11.0. The van der Waals surface area contributed by atoms with E-state index < -0.39 is 29.0 Å². The molecule has 0 aliphatic heterocycles. The van der Waals surface area contributed by atoms with Crippen molar-refractivity contribution in [2.45, 2.75) is 113 Å². The highest BCUT2D eigenvalue weighted by molar-refractivity contribution is 6.74. The minimum absolute atomic E-state index is 0. The number of nitrogens with zero attached hydrogens (tertiary/aromatic N) is 3. The zero-order valence-corrected chi connectivity index (χ0v) is 35.2. The Bertz CT molecular complexity index is 1880. The lowest BCUT2D eigenvalue weighted by Gasteiger charge is -2.36. The molecule has 0 saturated heterocycles. The van der Waals surface area contributed by atoms with Crippen molar-refractivity contribution < 1.29 is 38.4 Å². The van der Waals surface area contributed by atoms with Crippen LogP contribution in [0.4, 0.5) is 17.1 Å². The van der Waals surface area contributed by atoms with Crippen molar-refractivity contribution in [1.29, 1.82) is 0 Å². The Balaban J connectivity index is 0.000000566. The van der Waals surface area contributed by atoms with Crippen LogP contribution in [0.2, 0.25) is 18.1 Å². The maximum Gasteiger partial charge on any atom is 0.307 e. The number of nitrogens with one attached hydrogen (secondary N) is 1. The molecule has 0 aliphatic carbocycles. The van der Waals surface area contributed by atoms with E-state index in [2.05, 4.69) is 51.0 Å². The van der Waals surface area contributed by atoms with Gasteiger partial charge >= 0.3 is 11.9 Å². The molecule has 1 heterocycles. The summed E-state index contributed by atoms with van der Waals surface area (Å²) < 4.78 is 18.1. The molecule has 3 rings (SSSR count). The van der Waals surface area contributed by atoms with E-state index >= 15 is 0 Å². The zero-order chi connectivity index (χ0) is 41.8. The van der Waals surface area contributed by atoms with Crippen LogP contribution in [0.5, 0.6) is 0 Å². The third kappa shape index (κ3) is 14.4. The number of carbonyl (C=O) groups is 2. The van der Waals surface area contributed by atoms with Crippen LogP contribution in [0.25, 0.3) is 10.9 Å². The first-order valence-corrected chi connectivity index (χ1v) is 21.3. The number of ether oxygens (including phenoxy) is 2. The number of nitro benzene ring substituents is 2. The van der Waals surface area contributed by atoms with E-state index in [1.54, 1.807) is 26.0 Å². The third-order valence-corrected chi connectivity index (χ3v) is 13.9. The predicted octanol–water partition coefficient (Wildman–Crippen LogP) is 8.77. The number of fused-ring (bicyclic) bond motifs is 1. The first-order valence-electron chi connectivity index (χ1n) is 18.4. The molecule has 0 radical (unpaired) electrons. The molecule has 0 fully saturated rings. The van der Waals surface area contributed by atoms with Crippen LogP contribution in [0.15, 0.2) is 42.5 Å². The topological polar surface area (TPSA) is 185 Å². The Morgan fingerprint density at radius 1 is 0.875 bits per heavy atom. The molecule has 15 heteroatoms. The SMILES string of the molecule is C.CCOC(=O)CC(C)(C)C#Cc1cc([N+](=O)[O-])ccc1NCCO[Si](C)(C)C(C)(C)C.CCOC(=O)CC(C)(C)c1cc2cc([N+](=O)[O-])ccc2n1CCO. The van der Waals surface area contributed by atoms with Crippen LogP contribution in [0.3, 0.4) is 0 Å². The first kappa shape index (κ1) is 49.2. The van der Waals surface area contributed by atoms with E-state index in [1.807, 2.05) is 38.3 Å². The van der Waals surface area contributed by atoms with Gasteiger partial charge in [-0.1, -0.05) is 53.9 Å². The Hall–Kier alpha value is -4.78. The number of nitro groups is 2. The van der Waals surface area contributed by atoms with Crippen LogP contribution in [0, 0.1) is 37.5 Å². The van der Waals surface area contributed by atoms with Crippen LogP contribution >= 0.6 is 0 Å². The van der Waals surface area contributed by atoms with Crippen LogP contribution < -0.4 is 5.32 Å². The minimum atomic E-state index is -1.84. The van der Waals surface area contributed by atoms with Gasteiger partial charge in [0.05, 0.1) is 60.4 Å². The highest BCUT2D eigenvalue weighted by Crippen LogP contribution is 2.37. The molecule has 1 aromatic heterocycles. The molecule has 0 amide bonds. The quantitative estimate of drug-likeness (QED) is 0.0352. The number of aliphatic hydroxyl groups is 1. The maximum absolute atomic E-state index is 11.9. The monoisotopic (exact) mass is 798 g/mol. The van der Waals surface area contributed by atoms with Crippen molar-refractivity contribution in [3.05, 3.63) is 74.0 Å². The number of anilines is 1. The summed E-state index contributed by atoms with van der Waals surface area (Å²) in [5.74, 6) is 5.47. The standard InChI is InChI=1S/C23H36N2O5Si.C17H22N2O5.CH4/c1-9-29-21(26)17-23(5,6)13-12-18-16-19(25(27)28)10-11-20(18)24-14-15-30-31(7,8)22(2,3)4;1-4-24-16(21)11-17(2,3)15-10-12-9-13(19(22)23)5-6-14(12)18(15)7-8-20;/h10-11,16,24H,9,14-15,17H2,1-8H3;5-6,9-10,20H,4,7-8,11H2,1-3H3;1H4. The van der Waals surface area contributed by atoms with Gasteiger partial charge in [-0.3, -0.25) is 29.8 Å². The molecular weight excluding hydrogens is 737 g/mol. The summed E-state index contributed by atoms with van der Waals surface area (Å²) in [5, 5.41) is 35.7. The number of aliphatic hydroxyl groups excluding tert-OH is 1. The van der Waals surface area contributed by atoms with Gasteiger partial charge in [-0.25, -0.2) is 0 Å². The molecule has 2 aromatic carbocycles. The molecule has 14 nitrogen and oxygen atoms in total. The summed E-state index contributed by atoms with van der Waals surface area (Å²) in [6.45, 7) is 24.0. The maximum atomic E-state index is 11.9. The van der Waals surface area contributed by atoms with Gasteiger partial charge in [-0.05, 0) is 64.0 Å². The number of benzene rings is 2. The third-order valence-electron chi connectivity index (χ3n) is 9.33. The summed E-state index contributed by atoms with van der Waals surface area (Å²) in [5.41, 5.74) is 1.66. The molecule has 0 atom stereocenters. The van der Waals surface area contributed by atoms with E-state index in [4.69, 9.17) is 13.9 Å². The Morgan fingerprint density at radius 2 is 1.43 bits per heavy atom. The lowest BCUT2D eigenvalue weighted by molar-refractivity contribution is -0.385. The molecule has 0 bridgehead atoms. The first-order chi connectivity index (χ1) is 25.5. The normalized spacial score (nSPS) is 11.6. The van der Waals surface area contributed by atoms with Crippen LogP contribution in [-0.4, -0.2) is 72.7 Å².